The average Bonchev–Trinajstić information content (AvgIpc) is 3.17. The zero-order valence-corrected chi connectivity index (χ0v) is 35.6. The zero-order chi connectivity index (χ0) is 42.5. The molecule has 0 radical (unpaired) electrons. The molecule has 310 valence electrons. The lowest BCUT2D eigenvalue weighted by molar-refractivity contribution is -0.141. The highest BCUT2D eigenvalue weighted by Crippen LogP contribution is 2.34. The molecule has 0 bridgehead atoms. The van der Waals surface area contributed by atoms with E-state index in [1.807, 2.05) is 50.2 Å². The quantitative estimate of drug-likeness (QED) is 0.0569. The number of pyridine rings is 2. The van der Waals surface area contributed by atoms with Crippen molar-refractivity contribution in [1.82, 2.24) is 20.6 Å². The molecule has 2 aromatic carbocycles. The van der Waals surface area contributed by atoms with Crippen LogP contribution in [-0.2, 0) is 45.5 Å². The lowest BCUT2D eigenvalue weighted by atomic mass is 9.92. The lowest BCUT2D eigenvalue weighted by Gasteiger charge is -2.18. The van der Waals surface area contributed by atoms with Gasteiger partial charge in [-0.3, -0.25) is 19.2 Å². The zero-order valence-electron chi connectivity index (χ0n) is 32.4. The van der Waals surface area contributed by atoms with Crippen LogP contribution in [0.1, 0.15) is 59.1 Å². The minimum absolute atomic E-state index is 0.0426. The van der Waals surface area contributed by atoms with E-state index in [2.05, 4.69) is 52.5 Å². The van der Waals surface area contributed by atoms with Crippen LogP contribution in [0.5, 0.6) is 23.5 Å². The molecule has 0 saturated heterocycles. The van der Waals surface area contributed by atoms with Gasteiger partial charge in [0.2, 0.25) is 35.3 Å². The first-order valence-electron chi connectivity index (χ1n) is 18.0. The van der Waals surface area contributed by atoms with Gasteiger partial charge in [0, 0.05) is 37.1 Å². The average molecular weight is 931 g/mol. The first-order chi connectivity index (χ1) is 27.6. The summed E-state index contributed by atoms with van der Waals surface area (Å²) in [6.07, 6.45) is -0.0517. The summed E-state index contributed by atoms with van der Waals surface area (Å²) in [6.45, 7) is 4.65. The lowest BCUT2D eigenvalue weighted by Crippen LogP contribution is -2.37. The summed E-state index contributed by atoms with van der Waals surface area (Å²) >= 11 is 7.04. The molecule has 8 N–H and O–H groups in total. The highest BCUT2D eigenvalue weighted by atomic mass is 79.9. The van der Waals surface area contributed by atoms with E-state index in [4.69, 9.17) is 30.4 Å². The second-order valence-electron chi connectivity index (χ2n) is 13.2. The molecule has 2 unspecified atom stereocenters. The van der Waals surface area contributed by atoms with Gasteiger partial charge in [-0.15, -0.1) is 0 Å². The third-order valence-corrected chi connectivity index (χ3v) is 10.4. The number of aromatic nitrogens is 2. The van der Waals surface area contributed by atoms with Crippen molar-refractivity contribution in [2.75, 3.05) is 14.2 Å². The van der Waals surface area contributed by atoms with Crippen molar-refractivity contribution in [1.29, 1.82) is 0 Å². The number of carboxylic acid groups (broad SMARTS) is 2. The predicted octanol–water partition coefficient (Wildman–Crippen LogP) is 5.08. The summed E-state index contributed by atoms with van der Waals surface area (Å²) in [5.41, 5.74) is 17.4. The molecular formula is C40H46Br2N6O10. The Bertz CT molecular complexity index is 1990. The number of aliphatic carboxylic acids is 2. The van der Waals surface area contributed by atoms with Crippen molar-refractivity contribution >= 4 is 55.6 Å². The van der Waals surface area contributed by atoms with Crippen molar-refractivity contribution in [3.63, 3.8) is 0 Å². The Morgan fingerprint density at radius 3 is 1.36 bits per heavy atom. The number of nitrogens with two attached hydrogens (primary N) is 2. The van der Waals surface area contributed by atoms with Gasteiger partial charge in [-0.05, 0) is 104 Å². The van der Waals surface area contributed by atoms with E-state index in [1.54, 1.807) is 12.1 Å². The Kier molecular flexibility index (Phi) is 16.8. The molecule has 2 amide bonds. The number of nitrogens with zero attached hydrogens (tertiary/aromatic N) is 2. The van der Waals surface area contributed by atoms with E-state index in [0.29, 0.717) is 20.1 Å². The number of carbonyl (C=O) groups excluding carboxylic acids is 2. The van der Waals surface area contributed by atoms with Crippen molar-refractivity contribution in [2.45, 2.75) is 77.9 Å². The molecule has 2 aromatic heterocycles. The Labute approximate surface area is 352 Å². The van der Waals surface area contributed by atoms with Gasteiger partial charge in [-0.25, -0.2) is 0 Å². The third-order valence-electron chi connectivity index (χ3n) is 9.30. The molecule has 16 nitrogen and oxygen atoms in total. The number of halogens is 2. The van der Waals surface area contributed by atoms with Gasteiger partial charge in [-0.2, -0.15) is 9.97 Å². The number of ether oxygens (including phenoxy) is 4. The molecule has 0 saturated carbocycles. The number of carbonyl (C=O) groups is 4. The van der Waals surface area contributed by atoms with Crippen LogP contribution in [0.15, 0.2) is 57.5 Å². The minimum Gasteiger partial charge on any atom is -0.481 e. The number of methoxy groups -OCH3 is 2. The van der Waals surface area contributed by atoms with Gasteiger partial charge in [0.1, 0.15) is 25.3 Å². The highest BCUT2D eigenvalue weighted by Gasteiger charge is 2.22. The molecule has 4 rings (SSSR count). The minimum atomic E-state index is -1.10. The van der Waals surface area contributed by atoms with Gasteiger partial charge in [-0.1, -0.05) is 36.4 Å². The highest BCUT2D eigenvalue weighted by molar-refractivity contribution is 9.10. The molecule has 0 aliphatic rings. The first kappa shape index (κ1) is 45.4. The number of primary amides is 2. The Balaban J connectivity index is 1.46. The van der Waals surface area contributed by atoms with E-state index in [1.165, 1.54) is 14.2 Å². The SMILES string of the molecule is COc1nc(OCc2cccc(-c3cccc(COc4nc(OC)c(CNC(CCC(N)=O)C(=O)O)cc4Br)c3C)c2C)c(Br)cc1CNC(CCC(N)=O)C(=O)O. The Morgan fingerprint density at radius 2 is 1.03 bits per heavy atom. The number of amides is 2. The number of carboxylic acids is 2. The summed E-state index contributed by atoms with van der Waals surface area (Å²) in [4.78, 5) is 54.7. The number of rotatable bonds is 23. The molecule has 18 heteroatoms. The van der Waals surface area contributed by atoms with Gasteiger partial charge < -0.3 is 51.3 Å². The van der Waals surface area contributed by atoms with Crippen LogP contribution in [-0.4, -0.2) is 70.2 Å². The fourth-order valence-electron chi connectivity index (χ4n) is 6.02. The largest absolute Gasteiger partial charge is 0.481 e. The van der Waals surface area contributed by atoms with E-state index in [-0.39, 0.29) is 75.5 Å². The third kappa shape index (κ3) is 12.3. The number of nitrogens with one attached hydrogen (secondary N) is 2. The van der Waals surface area contributed by atoms with Crippen LogP contribution in [0.25, 0.3) is 11.1 Å². The fourth-order valence-corrected chi connectivity index (χ4v) is 6.98. The number of hydrogen-bond acceptors (Lipinski definition) is 12. The van der Waals surface area contributed by atoms with Crippen LogP contribution >= 0.6 is 31.9 Å². The predicted molar refractivity (Wildman–Crippen MR) is 220 cm³/mol. The van der Waals surface area contributed by atoms with E-state index in [9.17, 15) is 29.4 Å². The van der Waals surface area contributed by atoms with Crippen LogP contribution in [0.2, 0.25) is 0 Å². The Hall–Kier alpha value is -5.30. The van der Waals surface area contributed by atoms with Gasteiger partial charge in [0.15, 0.2) is 0 Å². The maximum atomic E-state index is 11.7. The molecule has 0 spiro atoms. The molecular weight excluding hydrogens is 884 g/mol. The van der Waals surface area contributed by atoms with E-state index in [0.717, 1.165) is 33.4 Å². The maximum Gasteiger partial charge on any atom is 0.320 e. The van der Waals surface area contributed by atoms with Crippen LogP contribution in [0.4, 0.5) is 0 Å². The van der Waals surface area contributed by atoms with Crippen molar-refractivity contribution < 1.29 is 48.3 Å². The molecule has 0 fully saturated rings. The summed E-state index contributed by atoms with van der Waals surface area (Å²) in [7, 11) is 2.92. The van der Waals surface area contributed by atoms with Gasteiger partial charge >= 0.3 is 11.9 Å². The fraction of sp³-hybridized carbons (Fsp3) is 0.350. The van der Waals surface area contributed by atoms with Crippen molar-refractivity contribution in [3.05, 3.63) is 90.9 Å². The maximum absolute atomic E-state index is 11.7. The Morgan fingerprint density at radius 1 is 0.655 bits per heavy atom. The van der Waals surface area contributed by atoms with Gasteiger partial charge in [0.25, 0.3) is 0 Å². The molecule has 4 aromatic rings. The van der Waals surface area contributed by atoms with Gasteiger partial charge in [0.05, 0.1) is 23.2 Å². The summed E-state index contributed by atoms with van der Waals surface area (Å²) in [6, 6.07) is 13.4. The smallest absolute Gasteiger partial charge is 0.320 e. The monoisotopic (exact) mass is 928 g/mol. The molecule has 2 atom stereocenters. The van der Waals surface area contributed by atoms with E-state index >= 15 is 0 Å². The first-order valence-corrected chi connectivity index (χ1v) is 19.6. The topological polar surface area (TPSA) is 248 Å². The standard InChI is InChI=1S/C40H46Br2N6O10/c1-21-23(19-57-37-29(41)15-25(35(47-37)55-3)17-45-31(39(51)52)11-13-33(43)49)7-5-9-27(21)28-10-6-8-24(22(28)2)20-58-38-30(42)16-26(36(48-38)56-4)18-46-32(40(53)54)12-14-34(44)50/h5-10,15-16,31-32,45-46H,11-14,17-20H2,1-4H3,(H2,43,49)(H2,44,50)(H,51,52)(H,53,54). The number of hydrogen-bond donors (Lipinski definition) is 6. The second kappa shape index (κ2) is 21.5. The normalized spacial score (nSPS) is 12.0. The van der Waals surface area contributed by atoms with Crippen LogP contribution in [0.3, 0.4) is 0 Å². The molecule has 0 aliphatic heterocycles. The van der Waals surface area contributed by atoms with Crippen molar-refractivity contribution in [2.24, 2.45) is 11.5 Å². The summed E-state index contributed by atoms with van der Waals surface area (Å²) in [5.74, 6) is -2.29. The molecule has 58 heavy (non-hydrogen) atoms. The van der Waals surface area contributed by atoms with E-state index < -0.39 is 35.8 Å². The molecule has 0 aliphatic carbocycles. The summed E-state index contributed by atoms with van der Waals surface area (Å²) in [5, 5.41) is 24.9. The van der Waals surface area contributed by atoms with Crippen LogP contribution in [0, 0.1) is 13.8 Å². The molecule has 2 heterocycles. The summed E-state index contributed by atoms with van der Waals surface area (Å²) < 4.78 is 24.4. The number of benzene rings is 2. The second-order valence-corrected chi connectivity index (χ2v) is 14.9. The van der Waals surface area contributed by atoms with Crippen LogP contribution < -0.4 is 41.0 Å². The van der Waals surface area contributed by atoms with Crippen molar-refractivity contribution in [3.8, 4) is 34.6 Å².